The predicted octanol–water partition coefficient (Wildman–Crippen LogP) is 2.96. The molecule has 0 bridgehead atoms. The summed E-state index contributed by atoms with van der Waals surface area (Å²) in [5, 5.41) is 14.4. The number of nitrogens with zero attached hydrogens (tertiary/aromatic N) is 4. The maximum atomic E-state index is 11.0. The summed E-state index contributed by atoms with van der Waals surface area (Å²) in [6.45, 7) is 0.176. The highest BCUT2D eigenvalue weighted by Gasteiger charge is 2.26. The topological polar surface area (TPSA) is 164 Å². The van der Waals surface area contributed by atoms with Crippen molar-refractivity contribution in [1.29, 1.82) is 0 Å². The molecule has 1 unspecified atom stereocenters. The number of hydrogen-bond donors (Lipinski definition) is 3. The number of nitrogen functional groups attached to an aromatic ring is 2. The third kappa shape index (κ3) is 3.41. The predicted molar refractivity (Wildman–Crippen MR) is 114 cm³/mol. The number of rotatable bonds is 3. The van der Waals surface area contributed by atoms with E-state index in [4.69, 9.17) is 25.9 Å². The molecule has 5 N–H and O–H groups in total. The average molecular weight is 419 g/mol. The lowest BCUT2D eigenvalue weighted by molar-refractivity contribution is -0.384. The Hall–Kier alpha value is -4.41. The lowest BCUT2D eigenvalue weighted by Crippen LogP contribution is -2.15. The number of aliphatic imine (C=N–C) groups is 1. The van der Waals surface area contributed by atoms with Crippen LogP contribution >= 0.6 is 0 Å². The zero-order chi connectivity index (χ0) is 21.5. The van der Waals surface area contributed by atoms with Crippen molar-refractivity contribution in [3.63, 3.8) is 0 Å². The Morgan fingerprint density at radius 3 is 2.61 bits per heavy atom. The summed E-state index contributed by atoms with van der Waals surface area (Å²) in [6, 6.07) is 11.6. The summed E-state index contributed by atoms with van der Waals surface area (Å²) < 4.78 is 10.9. The average Bonchev–Trinajstić information content (AvgIpc) is 3.13. The van der Waals surface area contributed by atoms with E-state index in [-0.39, 0.29) is 30.3 Å². The van der Waals surface area contributed by atoms with E-state index in [0.717, 1.165) is 11.1 Å². The number of nitrogens with two attached hydrogens (primary N) is 2. The molecule has 0 saturated carbocycles. The van der Waals surface area contributed by atoms with Crippen molar-refractivity contribution >= 4 is 34.7 Å². The molecule has 1 aromatic heterocycles. The number of nitro benzene ring substituents is 1. The standard InChI is InChI=1S/C20H17N7O4/c21-18-17-19(26-20(22)25-18)24-14(11-3-6-15-16(7-11)31-9-30-15)8-13(23-17)10-1-4-12(5-2-10)27(28)29/h1-7,14H,8-9H2,(H5,21,22,24,25,26). The summed E-state index contributed by atoms with van der Waals surface area (Å²) in [6.07, 6.45) is 0.452. The van der Waals surface area contributed by atoms with Gasteiger partial charge in [-0.05, 0) is 35.4 Å². The zero-order valence-corrected chi connectivity index (χ0v) is 16.1. The van der Waals surface area contributed by atoms with Gasteiger partial charge in [0.2, 0.25) is 12.7 Å². The molecule has 0 aliphatic carbocycles. The van der Waals surface area contributed by atoms with Crippen molar-refractivity contribution in [1.82, 2.24) is 9.97 Å². The molecule has 5 rings (SSSR count). The van der Waals surface area contributed by atoms with Gasteiger partial charge in [0.25, 0.3) is 5.69 Å². The molecule has 0 saturated heterocycles. The molecular weight excluding hydrogens is 402 g/mol. The zero-order valence-electron chi connectivity index (χ0n) is 16.1. The minimum absolute atomic E-state index is 0.000520. The second-order valence-electron chi connectivity index (χ2n) is 7.04. The van der Waals surface area contributed by atoms with Crippen LogP contribution in [0.3, 0.4) is 0 Å². The van der Waals surface area contributed by atoms with E-state index in [1.807, 2.05) is 18.2 Å². The quantitative estimate of drug-likeness (QED) is 0.427. The number of benzene rings is 2. The number of fused-ring (bicyclic) bond motifs is 2. The van der Waals surface area contributed by atoms with Gasteiger partial charge < -0.3 is 26.3 Å². The molecule has 0 radical (unpaired) electrons. The van der Waals surface area contributed by atoms with Crippen LogP contribution in [0.15, 0.2) is 47.5 Å². The van der Waals surface area contributed by atoms with Gasteiger partial charge >= 0.3 is 0 Å². The highest BCUT2D eigenvalue weighted by atomic mass is 16.7. The van der Waals surface area contributed by atoms with Gasteiger partial charge in [-0.2, -0.15) is 9.97 Å². The molecule has 11 nitrogen and oxygen atoms in total. The van der Waals surface area contributed by atoms with E-state index in [2.05, 4.69) is 15.3 Å². The second-order valence-corrected chi connectivity index (χ2v) is 7.04. The van der Waals surface area contributed by atoms with Crippen LogP contribution < -0.4 is 26.3 Å². The maximum absolute atomic E-state index is 11.0. The first-order chi connectivity index (χ1) is 15.0. The van der Waals surface area contributed by atoms with E-state index in [1.165, 1.54) is 12.1 Å². The lowest BCUT2D eigenvalue weighted by Gasteiger charge is -2.19. The number of hydrogen-bond acceptors (Lipinski definition) is 10. The Balaban J connectivity index is 1.60. The van der Waals surface area contributed by atoms with Crippen LogP contribution in [0.1, 0.15) is 23.6 Å². The molecule has 0 amide bonds. The van der Waals surface area contributed by atoms with Crippen LogP contribution in [0.4, 0.5) is 29.0 Å². The van der Waals surface area contributed by atoms with E-state index >= 15 is 0 Å². The van der Waals surface area contributed by atoms with Gasteiger partial charge in [-0.15, -0.1) is 0 Å². The van der Waals surface area contributed by atoms with E-state index < -0.39 is 4.92 Å². The molecule has 2 aliphatic rings. The van der Waals surface area contributed by atoms with Crippen molar-refractivity contribution in [2.45, 2.75) is 12.5 Å². The van der Waals surface area contributed by atoms with Crippen molar-refractivity contribution in [2.75, 3.05) is 23.6 Å². The Kier molecular flexibility index (Phi) is 4.28. The Bertz CT molecular complexity index is 1230. The highest BCUT2D eigenvalue weighted by Crippen LogP contribution is 2.40. The number of ether oxygens (including phenoxy) is 2. The molecule has 0 fully saturated rings. The molecule has 2 aliphatic heterocycles. The van der Waals surface area contributed by atoms with Crippen LogP contribution in [-0.2, 0) is 0 Å². The van der Waals surface area contributed by atoms with Crippen molar-refractivity contribution in [2.24, 2.45) is 4.99 Å². The van der Waals surface area contributed by atoms with Crippen LogP contribution in [0, 0.1) is 10.1 Å². The van der Waals surface area contributed by atoms with E-state index in [0.29, 0.717) is 35.1 Å². The number of nitro groups is 1. The van der Waals surface area contributed by atoms with Gasteiger partial charge in [0.1, 0.15) is 5.69 Å². The first-order valence-corrected chi connectivity index (χ1v) is 9.39. The highest BCUT2D eigenvalue weighted by molar-refractivity contribution is 6.05. The first kappa shape index (κ1) is 18.6. The fourth-order valence-corrected chi connectivity index (χ4v) is 3.58. The molecule has 3 aromatic rings. The van der Waals surface area contributed by atoms with Gasteiger partial charge in [0, 0.05) is 18.6 Å². The van der Waals surface area contributed by atoms with Gasteiger partial charge in [-0.1, -0.05) is 6.07 Å². The van der Waals surface area contributed by atoms with Gasteiger partial charge in [-0.25, -0.2) is 4.99 Å². The van der Waals surface area contributed by atoms with Crippen LogP contribution in [0.25, 0.3) is 0 Å². The van der Waals surface area contributed by atoms with Crippen LogP contribution in [-0.4, -0.2) is 27.4 Å². The summed E-state index contributed by atoms with van der Waals surface area (Å²) in [5.74, 6) is 1.91. The maximum Gasteiger partial charge on any atom is 0.269 e. The van der Waals surface area contributed by atoms with E-state index in [1.54, 1.807) is 12.1 Å². The second kappa shape index (κ2) is 7.13. The van der Waals surface area contributed by atoms with Gasteiger partial charge in [0.15, 0.2) is 23.1 Å². The molecule has 2 aromatic carbocycles. The fourth-order valence-electron chi connectivity index (χ4n) is 3.58. The number of nitrogens with one attached hydrogen (secondary N) is 1. The Morgan fingerprint density at radius 2 is 1.84 bits per heavy atom. The lowest BCUT2D eigenvalue weighted by atomic mass is 9.97. The minimum atomic E-state index is -0.445. The van der Waals surface area contributed by atoms with Crippen molar-refractivity contribution < 1.29 is 14.4 Å². The Labute approximate surface area is 175 Å². The molecule has 156 valence electrons. The fraction of sp³-hybridized carbons (Fsp3) is 0.150. The molecular formula is C20H17N7O4. The largest absolute Gasteiger partial charge is 0.454 e. The molecule has 31 heavy (non-hydrogen) atoms. The normalized spacial score (nSPS) is 16.6. The Morgan fingerprint density at radius 1 is 1.06 bits per heavy atom. The molecule has 3 heterocycles. The third-order valence-electron chi connectivity index (χ3n) is 5.09. The number of non-ortho nitro benzene ring substituents is 1. The molecule has 1 atom stereocenters. The van der Waals surface area contributed by atoms with Crippen molar-refractivity contribution in [3.05, 3.63) is 63.7 Å². The SMILES string of the molecule is Nc1nc(N)c2c(n1)NC(c1ccc3c(c1)OCO3)CC(c1ccc([N+](=O)[O-])cc1)=N2. The smallest absolute Gasteiger partial charge is 0.269 e. The number of anilines is 3. The van der Waals surface area contributed by atoms with E-state index in [9.17, 15) is 10.1 Å². The molecule has 11 heteroatoms. The summed E-state index contributed by atoms with van der Waals surface area (Å²) in [7, 11) is 0. The van der Waals surface area contributed by atoms with Crippen LogP contribution in [0.5, 0.6) is 11.5 Å². The summed E-state index contributed by atoms with van der Waals surface area (Å²) in [4.78, 5) is 23.5. The van der Waals surface area contributed by atoms with Gasteiger partial charge in [0.05, 0.1) is 16.7 Å². The summed E-state index contributed by atoms with van der Waals surface area (Å²) >= 11 is 0. The number of aromatic nitrogens is 2. The monoisotopic (exact) mass is 419 g/mol. The molecule has 0 spiro atoms. The van der Waals surface area contributed by atoms with Crippen LogP contribution in [0.2, 0.25) is 0 Å². The van der Waals surface area contributed by atoms with Crippen molar-refractivity contribution in [3.8, 4) is 11.5 Å². The first-order valence-electron chi connectivity index (χ1n) is 9.39. The third-order valence-corrected chi connectivity index (χ3v) is 5.09. The summed E-state index contributed by atoms with van der Waals surface area (Å²) in [5.41, 5.74) is 14.5. The van der Waals surface area contributed by atoms with Gasteiger partial charge in [-0.3, -0.25) is 10.1 Å². The minimum Gasteiger partial charge on any atom is -0.454 e.